The summed E-state index contributed by atoms with van der Waals surface area (Å²) in [5.74, 6) is -0.122. The van der Waals surface area contributed by atoms with Crippen molar-refractivity contribution >= 4 is 12.1 Å². The topological polar surface area (TPSA) is 55.8 Å². The molecule has 2 aliphatic rings. The molecule has 114 valence electrons. The summed E-state index contributed by atoms with van der Waals surface area (Å²) >= 11 is 0. The van der Waals surface area contributed by atoms with Crippen molar-refractivity contribution < 1.29 is 19.1 Å². The van der Waals surface area contributed by atoms with E-state index in [1.165, 1.54) is 7.11 Å². The zero-order valence-electron chi connectivity index (χ0n) is 13.1. The quantitative estimate of drug-likeness (QED) is 0.694. The van der Waals surface area contributed by atoms with Crippen molar-refractivity contribution in [2.24, 2.45) is 10.8 Å². The van der Waals surface area contributed by atoms with Gasteiger partial charge in [-0.05, 0) is 52.4 Å². The molecule has 0 radical (unpaired) electrons. The second kappa shape index (κ2) is 4.64. The monoisotopic (exact) mass is 283 g/mol. The molecule has 0 aromatic carbocycles. The smallest absolute Gasteiger partial charge is 0.410 e. The summed E-state index contributed by atoms with van der Waals surface area (Å²) in [5, 5.41) is 0. The molecule has 1 unspecified atom stereocenters. The van der Waals surface area contributed by atoms with Crippen molar-refractivity contribution in [3.8, 4) is 0 Å². The number of nitrogens with zero attached hydrogens (tertiary/aromatic N) is 1. The van der Waals surface area contributed by atoms with Gasteiger partial charge < -0.3 is 14.4 Å². The van der Waals surface area contributed by atoms with Gasteiger partial charge in [0.15, 0.2) is 0 Å². The molecule has 0 N–H and O–H groups in total. The van der Waals surface area contributed by atoms with Crippen LogP contribution in [0.2, 0.25) is 0 Å². The van der Waals surface area contributed by atoms with Gasteiger partial charge in [0.25, 0.3) is 0 Å². The van der Waals surface area contributed by atoms with E-state index in [-0.39, 0.29) is 22.9 Å². The van der Waals surface area contributed by atoms with Gasteiger partial charge in [0.2, 0.25) is 0 Å². The molecular formula is C15H25NO4. The summed E-state index contributed by atoms with van der Waals surface area (Å²) in [6.07, 6.45) is 2.30. The standard InChI is InChI=1S/C15H25NO4/c1-13(2,3)20-12(18)16-8-6-15(7-9-16)10-14(15,4)11(17)19-5/h6-10H2,1-5H3. The van der Waals surface area contributed by atoms with E-state index in [4.69, 9.17) is 9.47 Å². The summed E-state index contributed by atoms with van der Waals surface area (Å²) in [6.45, 7) is 8.88. The van der Waals surface area contributed by atoms with Crippen molar-refractivity contribution in [2.45, 2.75) is 52.6 Å². The van der Waals surface area contributed by atoms with Crippen molar-refractivity contribution in [3.63, 3.8) is 0 Å². The van der Waals surface area contributed by atoms with Crippen LogP contribution in [-0.2, 0) is 14.3 Å². The fourth-order valence-corrected chi connectivity index (χ4v) is 3.32. The van der Waals surface area contributed by atoms with E-state index in [0.717, 1.165) is 19.3 Å². The van der Waals surface area contributed by atoms with Crippen LogP contribution >= 0.6 is 0 Å². The number of esters is 1. The first-order chi connectivity index (χ1) is 9.13. The molecule has 1 saturated carbocycles. The maximum absolute atomic E-state index is 12.0. The lowest BCUT2D eigenvalue weighted by Gasteiger charge is -2.35. The van der Waals surface area contributed by atoms with E-state index in [1.54, 1.807) is 4.90 Å². The normalized spacial score (nSPS) is 28.1. The Bertz CT molecular complexity index is 418. The molecule has 1 aliphatic carbocycles. The molecule has 2 rings (SSSR count). The zero-order chi connectivity index (χ0) is 15.2. The first kappa shape index (κ1) is 15.1. The molecule has 0 aromatic rings. The first-order valence-electron chi connectivity index (χ1n) is 7.20. The Balaban J connectivity index is 1.91. The Morgan fingerprint density at radius 1 is 1.15 bits per heavy atom. The van der Waals surface area contributed by atoms with E-state index >= 15 is 0 Å². The number of amides is 1. The molecule has 1 heterocycles. The van der Waals surface area contributed by atoms with Crippen LogP contribution in [0.25, 0.3) is 0 Å². The maximum atomic E-state index is 12.0. The van der Waals surface area contributed by atoms with Crippen LogP contribution in [-0.4, -0.2) is 42.8 Å². The molecule has 5 heteroatoms. The summed E-state index contributed by atoms with van der Waals surface area (Å²) in [5.41, 5.74) is -0.799. The van der Waals surface area contributed by atoms with Crippen LogP contribution in [0.1, 0.15) is 47.0 Å². The van der Waals surface area contributed by atoms with E-state index in [1.807, 2.05) is 27.7 Å². The third-order valence-corrected chi connectivity index (χ3v) is 4.75. The molecule has 0 aromatic heterocycles. The Morgan fingerprint density at radius 2 is 1.70 bits per heavy atom. The van der Waals surface area contributed by atoms with Crippen molar-refractivity contribution in [1.29, 1.82) is 0 Å². The molecule has 1 saturated heterocycles. The van der Waals surface area contributed by atoms with Crippen LogP contribution in [0.15, 0.2) is 0 Å². The Labute approximate surface area is 120 Å². The van der Waals surface area contributed by atoms with Crippen molar-refractivity contribution in [1.82, 2.24) is 4.90 Å². The predicted octanol–water partition coefficient (Wildman–Crippen LogP) is 2.59. The lowest BCUT2D eigenvalue weighted by atomic mass is 9.85. The van der Waals surface area contributed by atoms with Gasteiger partial charge in [0, 0.05) is 13.1 Å². The van der Waals surface area contributed by atoms with Gasteiger partial charge in [-0.3, -0.25) is 4.79 Å². The minimum atomic E-state index is -0.466. The lowest BCUT2D eigenvalue weighted by molar-refractivity contribution is -0.148. The summed E-state index contributed by atoms with van der Waals surface area (Å²) < 4.78 is 10.3. The number of carbonyl (C=O) groups is 2. The lowest BCUT2D eigenvalue weighted by Crippen LogP contribution is -2.43. The average molecular weight is 283 g/mol. The average Bonchev–Trinajstić information content (AvgIpc) is 2.92. The van der Waals surface area contributed by atoms with Crippen molar-refractivity contribution in [3.05, 3.63) is 0 Å². The van der Waals surface area contributed by atoms with Gasteiger partial charge in [0.05, 0.1) is 12.5 Å². The summed E-state index contributed by atoms with van der Waals surface area (Å²) in [6, 6.07) is 0. The fourth-order valence-electron chi connectivity index (χ4n) is 3.32. The van der Waals surface area contributed by atoms with Gasteiger partial charge in [-0.25, -0.2) is 4.79 Å². The van der Waals surface area contributed by atoms with Gasteiger partial charge in [-0.2, -0.15) is 0 Å². The molecule has 1 spiro atoms. The Kier molecular flexibility index (Phi) is 3.51. The molecule has 0 bridgehead atoms. The highest BCUT2D eigenvalue weighted by Crippen LogP contribution is 2.69. The number of likely N-dealkylation sites (tertiary alicyclic amines) is 1. The largest absolute Gasteiger partial charge is 0.469 e. The molecule has 1 amide bonds. The Hall–Kier alpha value is -1.26. The van der Waals surface area contributed by atoms with Crippen LogP contribution in [0, 0.1) is 10.8 Å². The number of piperidine rings is 1. The molecule has 20 heavy (non-hydrogen) atoms. The van der Waals surface area contributed by atoms with Crippen LogP contribution in [0.4, 0.5) is 4.79 Å². The highest BCUT2D eigenvalue weighted by Gasteiger charge is 2.69. The van der Waals surface area contributed by atoms with E-state index in [0.29, 0.717) is 13.1 Å². The second-order valence-electron chi connectivity index (χ2n) is 7.25. The summed E-state index contributed by atoms with van der Waals surface area (Å²) in [4.78, 5) is 25.6. The highest BCUT2D eigenvalue weighted by molar-refractivity contribution is 5.81. The number of ether oxygens (including phenoxy) is 2. The number of carbonyl (C=O) groups excluding carboxylic acids is 2. The van der Waals surface area contributed by atoms with Crippen molar-refractivity contribution in [2.75, 3.05) is 20.2 Å². The van der Waals surface area contributed by atoms with Crippen LogP contribution < -0.4 is 0 Å². The number of rotatable bonds is 1. The maximum Gasteiger partial charge on any atom is 0.410 e. The molecule has 1 atom stereocenters. The fraction of sp³-hybridized carbons (Fsp3) is 0.867. The van der Waals surface area contributed by atoms with Crippen LogP contribution in [0.3, 0.4) is 0 Å². The number of methoxy groups -OCH3 is 1. The molecular weight excluding hydrogens is 258 g/mol. The third kappa shape index (κ3) is 2.50. The number of hydrogen-bond donors (Lipinski definition) is 0. The Morgan fingerprint density at radius 3 is 2.15 bits per heavy atom. The second-order valence-corrected chi connectivity index (χ2v) is 7.25. The predicted molar refractivity (Wildman–Crippen MR) is 74.2 cm³/mol. The minimum Gasteiger partial charge on any atom is -0.469 e. The third-order valence-electron chi connectivity index (χ3n) is 4.75. The zero-order valence-corrected chi connectivity index (χ0v) is 13.1. The van der Waals surface area contributed by atoms with E-state index in [2.05, 4.69) is 0 Å². The number of hydrogen-bond acceptors (Lipinski definition) is 4. The van der Waals surface area contributed by atoms with E-state index < -0.39 is 5.60 Å². The molecule has 5 nitrogen and oxygen atoms in total. The van der Waals surface area contributed by atoms with Crippen LogP contribution in [0.5, 0.6) is 0 Å². The van der Waals surface area contributed by atoms with Gasteiger partial charge in [-0.15, -0.1) is 0 Å². The SMILES string of the molecule is COC(=O)C1(C)CC12CCN(C(=O)OC(C)(C)C)CC2. The van der Waals surface area contributed by atoms with Gasteiger partial charge in [0.1, 0.15) is 5.60 Å². The molecule has 1 aliphatic heterocycles. The van der Waals surface area contributed by atoms with Gasteiger partial charge in [-0.1, -0.05) is 0 Å². The first-order valence-corrected chi connectivity index (χ1v) is 7.20. The highest BCUT2D eigenvalue weighted by atomic mass is 16.6. The van der Waals surface area contributed by atoms with Gasteiger partial charge >= 0.3 is 12.1 Å². The van der Waals surface area contributed by atoms with E-state index in [9.17, 15) is 9.59 Å². The minimum absolute atomic E-state index is 0.0264. The summed E-state index contributed by atoms with van der Waals surface area (Å²) in [7, 11) is 1.44. The molecule has 2 fully saturated rings.